The first-order chi connectivity index (χ1) is 19.2. The van der Waals surface area contributed by atoms with Crippen LogP contribution in [0.3, 0.4) is 0 Å². The maximum absolute atomic E-state index is 14.0. The summed E-state index contributed by atoms with van der Waals surface area (Å²) in [5.41, 5.74) is 2.40. The van der Waals surface area contributed by atoms with E-state index < -0.39 is 48.1 Å². The van der Waals surface area contributed by atoms with Gasteiger partial charge in [0.15, 0.2) is 29.9 Å². The molecular weight excluding hydrogens is 516 g/mol. The Balaban J connectivity index is 1.71. The molecule has 1 fully saturated rings. The largest absolute Gasteiger partial charge is 0.456 e. The summed E-state index contributed by atoms with van der Waals surface area (Å²) in [5.74, 6) is -2.77. The van der Waals surface area contributed by atoms with E-state index in [9.17, 15) is 24.0 Å². The maximum atomic E-state index is 14.0. The molecule has 1 heterocycles. The molecule has 204 valence electrons. The number of benzene rings is 3. The fourth-order valence-corrected chi connectivity index (χ4v) is 5.35. The molecular formula is C31H26O9. The van der Waals surface area contributed by atoms with Crippen LogP contribution in [-0.4, -0.2) is 54.4 Å². The van der Waals surface area contributed by atoms with Gasteiger partial charge in [0.05, 0.1) is 6.61 Å². The highest BCUT2D eigenvalue weighted by molar-refractivity contribution is 6.30. The van der Waals surface area contributed by atoms with E-state index in [1.165, 1.54) is 20.8 Å². The monoisotopic (exact) mass is 542 g/mol. The summed E-state index contributed by atoms with van der Waals surface area (Å²) in [4.78, 5) is 64.0. The molecule has 0 aromatic heterocycles. The fraction of sp³-hybridized carbons (Fsp3) is 0.258. The maximum Gasteiger partial charge on any atom is 0.303 e. The Morgan fingerprint density at radius 1 is 0.650 bits per heavy atom. The van der Waals surface area contributed by atoms with Crippen molar-refractivity contribution in [1.29, 1.82) is 0 Å². The van der Waals surface area contributed by atoms with Crippen LogP contribution in [0.2, 0.25) is 0 Å². The summed E-state index contributed by atoms with van der Waals surface area (Å²) in [6.45, 7) is 3.33. The molecule has 2 aliphatic rings. The Bertz CT molecular complexity index is 1530. The first-order valence-electron chi connectivity index (χ1n) is 12.7. The second-order valence-corrected chi connectivity index (χ2v) is 9.57. The third kappa shape index (κ3) is 4.91. The molecule has 5 rings (SSSR count). The van der Waals surface area contributed by atoms with Gasteiger partial charge in [0.25, 0.3) is 0 Å². The van der Waals surface area contributed by atoms with Gasteiger partial charge >= 0.3 is 17.9 Å². The van der Waals surface area contributed by atoms with Crippen molar-refractivity contribution in [3.63, 3.8) is 0 Å². The minimum absolute atomic E-state index is 0.111. The Labute approximate surface area is 230 Å². The predicted octanol–water partition coefficient (Wildman–Crippen LogP) is 4.00. The molecule has 4 atom stereocenters. The molecule has 0 saturated carbocycles. The topological polar surface area (TPSA) is 122 Å². The van der Waals surface area contributed by atoms with E-state index in [4.69, 9.17) is 18.9 Å². The van der Waals surface area contributed by atoms with Gasteiger partial charge in [-0.25, -0.2) is 0 Å². The number of carbonyl (C=O) groups excluding carboxylic acids is 5. The normalized spacial score (nSPS) is 21.6. The molecule has 1 aliphatic heterocycles. The summed E-state index contributed by atoms with van der Waals surface area (Å²) in [7, 11) is 0. The van der Waals surface area contributed by atoms with Crippen LogP contribution in [-0.2, 0) is 33.3 Å². The van der Waals surface area contributed by atoms with Crippen molar-refractivity contribution >= 4 is 29.5 Å². The van der Waals surface area contributed by atoms with Crippen molar-refractivity contribution < 1.29 is 42.9 Å². The average Bonchev–Trinajstić information content (AvgIpc) is 2.92. The minimum Gasteiger partial charge on any atom is -0.456 e. The van der Waals surface area contributed by atoms with Crippen molar-refractivity contribution in [2.45, 2.75) is 45.2 Å². The molecule has 0 radical (unpaired) electrons. The number of ketones is 2. The molecule has 1 saturated heterocycles. The number of ether oxygens (including phenoxy) is 4. The van der Waals surface area contributed by atoms with Gasteiger partial charge in [-0.2, -0.15) is 0 Å². The minimum atomic E-state index is -1.29. The van der Waals surface area contributed by atoms with Gasteiger partial charge in [0.2, 0.25) is 0 Å². The molecule has 3 aromatic rings. The molecule has 9 nitrogen and oxygen atoms in total. The van der Waals surface area contributed by atoms with E-state index in [0.29, 0.717) is 5.56 Å². The quantitative estimate of drug-likeness (QED) is 0.272. The molecule has 0 N–H and O–H groups in total. The highest BCUT2D eigenvalue weighted by atomic mass is 16.6. The van der Waals surface area contributed by atoms with Crippen molar-refractivity contribution in [3.05, 3.63) is 94.5 Å². The van der Waals surface area contributed by atoms with Crippen LogP contribution in [0, 0.1) is 0 Å². The van der Waals surface area contributed by atoms with E-state index >= 15 is 0 Å². The number of fused-ring (bicyclic) bond motifs is 2. The van der Waals surface area contributed by atoms with Gasteiger partial charge in [-0.1, -0.05) is 66.7 Å². The van der Waals surface area contributed by atoms with Gasteiger partial charge in [-0.05, 0) is 16.7 Å². The second-order valence-electron chi connectivity index (χ2n) is 9.57. The van der Waals surface area contributed by atoms with Crippen LogP contribution in [0.5, 0.6) is 0 Å². The number of esters is 3. The molecule has 3 aromatic carbocycles. The summed E-state index contributed by atoms with van der Waals surface area (Å²) in [5, 5.41) is 0. The number of rotatable bonds is 5. The summed E-state index contributed by atoms with van der Waals surface area (Å²) >= 11 is 0. The van der Waals surface area contributed by atoms with Crippen LogP contribution in [0.4, 0.5) is 0 Å². The Kier molecular flexibility index (Phi) is 7.32. The van der Waals surface area contributed by atoms with Crippen molar-refractivity contribution in [2.24, 2.45) is 0 Å². The zero-order valence-electron chi connectivity index (χ0n) is 22.0. The highest BCUT2D eigenvalue weighted by Crippen LogP contribution is 2.42. The Morgan fingerprint density at radius 2 is 1.20 bits per heavy atom. The van der Waals surface area contributed by atoms with Gasteiger partial charge in [-0.3, -0.25) is 24.0 Å². The van der Waals surface area contributed by atoms with Crippen molar-refractivity contribution in [2.75, 3.05) is 6.61 Å². The summed E-state index contributed by atoms with van der Waals surface area (Å²) in [6, 6.07) is 19.1. The Morgan fingerprint density at radius 3 is 1.80 bits per heavy atom. The summed E-state index contributed by atoms with van der Waals surface area (Å²) < 4.78 is 22.5. The molecule has 0 spiro atoms. The average molecular weight is 543 g/mol. The van der Waals surface area contributed by atoms with Crippen molar-refractivity contribution in [3.8, 4) is 11.1 Å². The van der Waals surface area contributed by atoms with E-state index in [-0.39, 0.29) is 40.2 Å². The molecule has 0 bridgehead atoms. The van der Waals surface area contributed by atoms with E-state index in [2.05, 4.69) is 0 Å². The van der Waals surface area contributed by atoms with Crippen LogP contribution < -0.4 is 0 Å². The smallest absolute Gasteiger partial charge is 0.303 e. The van der Waals surface area contributed by atoms with Crippen LogP contribution in [0.25, 0.3) is 11.1 Å². The lowest BCUT2D eigenvalue weighted by Gasteiger charge is -2.41. The third-order valence-electron chi connectivity index (χ3n) is 6.85. The van der Waals surface area contributed by atoms with Gasteiger partial charge < -0.3 is 18.9 Å². The van der Waals surface area contributed by atoms with Crippen LogP contribution in [0.15, 0.2) is 66.7 Å². The predicted molar refractivity (Wildman–Crippen MR) is 141 cm³/mol. The number of hydrogen-bond acceptors (Lipinski definition) is 9. The first kappa shape index (κ1) is 27.0. The lowest BCUT2D eigenvalue weighted by Crippen LogP contribution is -2.54. The third-order valence-corrected chi connectivity index (χ3v) is 6.85. The van der Waals surface area contributed by atoms with Gasteiger partial charge in [-0.15, -0.1) is 0 Å². The zero-order valence-corrected chi connectivity index (χ0v) is 22.0. The standard InChI is InChI=1S/C31H26O9/c1-16(32)38-24-15-37-29(31(40-18(3)34)30(24)39-17(2)33)23-14-13-20(19-9-5-4-6-10-19)25-26(23)28(36)22-12-8-7-11-21(22)27(25)35/h4-14,24,29-31H,15H2,1-3H3/t24-,29+,30+,31+/m1/s1. The van der Waals surface area contributed by atoms with Gasteiger partial charge in [0.1, 0.15) is 6.10 Å². The highest BCUT2D eigenvalue weighted by Gasteiger charge is 2.49. The first-order valence-corrected chi connectivity index (χ1v) is 12.7. The molecule has 40 heavy (non-hydrogen) atoms. The number of carbonyl (C=O) groups is 5. The van der Waals surface area contributed by atoms with Gasteiger partial charge in [0, 0.05) is 43.0 Å². The Hall–Kier alpha value is -4.63. The fourth-order valence-electron chi connectivity index (χ4n) is 5.35. The molecule has 1 aliphatic carbocycles. The van der Waals surface area contributed by atoms with E-state index in [0.717, 1.165) is 5.56 Å². The van der Waals surface area contributed by atoms with Crippen LogP contribution in [0.1, 0.15) is 64.3 Å². The van der Waals surface area contributed by atoms with E-state index in [1.807, 2.05) is 30.3 Å². The molecule has 0 unspecified atom stereocenters. The molecule has 9 heteroatoms. The second kappa shape index (κ2) is 10.9. The lowest BCUT2D eigenvalue weighted by atomic mass is 9.76. The lowest BCUT2D eigenvalue weighted by molar-refractivity contribution is -0.227. The molecule has 0 amide bonds. The van der Waals surface area contributed by atoms with Crippen LogP contribution >= 0.6 is 0 Å². The zero-order chi connectivity index (χ0) is 28.6. The summed E-state index contributed by atoms with van der Waals surface area (Å²) in [6.07, 6.45) is -4.71. The SMILES string of the molecule is CC(=O)O[C@@H]1[C@@H](OC(C)=O)[C@H](c2ccc(-c3ccccc3)c3c2C(=O)c2ccccc2C3=O)OC[C@H]1OC(C)=O. The number of hydrogen-bond donors (Lipinski definition) is 0. The van der Waals surface area contributed by atoms with E-state index in [1.54, 1.807) is 36.4 Å². The van der Waals surface area contributed by atoms with Crippen molar-refractivity contribution in [1.82, 2.24) is 0 Å².